The summed E-state index contributed by atoms with van der Waals surface area (Å²) in [6.45, 7) is -0.304. The number of carbonyl (C=O) groups excluding carboxylic acids is 1. The Kier molecular flexibility index (Phi) is 2.44. The van der Waals surface area contributed by atoms with Crippen molar-refractivity contribution in [2.24, 2.45) is 0 Å². The smallest absolute Gasteiger partial charge is 0.455 e. The molecule has 1 aliphatic rings. The van der Waals surface area contributed by atoms with Crippen molar-refractivity contribution in [1.29, 1.82) is 0 Å². The van der Waals surface area contributed by atoms with Crippen LogP contribution in [0.3, 0.4) is 0 Å². The molecule has 0 aromatic heterocycles. The van der Waals surface area contributed by atoms with Gasteiger partial charge in [-0.15, -0.1) is 0 Å². The van der Waals surface area contributed by atoms with Gasteiger partial charge in [0.25, 0.3) is 0 Å². The van der Waals surface area contributed by atoms with Gasteiger partial charge in [-0.25, -0.2) is 4.79 Å². The Bertz CT molecular complexity index is 379. The van der Waals surface area contributed by atoms with Crippen LogP contribution in [-0.4, -0.2) is 26.5 Å². The number of halogens is 3. The van der Waals surface area contributed by atoms with Crippen molar-refractivity contribution in [2.45, 2.75) is 5.51 Å². The fraction of sp³-hybridized carbons (Fsp3) is 0.400. The van der Waals surface area contributed by atoms with Gasteiger partial charge < -0.3 is 8.92 Å². The van der Waals surface area contributed by atoms with Gasteiger partial charge in [0.15, 0.2) is 0 Å². The lowest BCUT2D eigenvalue weighted by Crippen LogP contribution is -2.26. The van der Waals surface area contributed by atoms with E-state index in [1.54, 1.807) is 0 Å². The van der Waals surface area contributed by atoms with Crippen LogP contribution in [0.25, 0.3) is 0 Å². The van der Waals surface area contributed by atoms with E-state index in [4.69, 9.17) is 0 Å². The number of alkyl halides is 3. The first-order valence-corrected chi connectivity index (χ1v) is 4.53. The molecule has 14 heavy (non-hydrogen) atoms. The average Bonchev–Trinajstić information content (AvgIpc) is 2.33. The fourth-order valence-corrected chi connectivity index (χ4v) is 1.05. The molecule has 0 aromatic carbocycles. The predicted molar refractivity (Wildman–Crippen MR) is 35.1 cm³/mol. The molecule has 0 amide bonds. The molecular weight excluding hydrogens is 229 g/mol. The van der Waals surface area contributed by atoms with Crippen molar-refractivity contribution in [3.8, 4) is 0 Å². The lowest BCUT2D eigenvalue weighted by Gasteiger charge is -2.07. The van der Waals surface area contributed by atoms with Crippen molar-refractivity contribution in [3.05, 3.63) is 11.8 Å². The summed E-state index contributed by atoms with van der Waals surface area (Å²) in [7, 11) is -5.78. The highest BCUT2D eigenvalue weighted by molar-refractivity contribution is 7.87. The van der Waals surface area contributed by atoms with Crippen LogP contribution in [0.4, 0.5) is 13.2 Å². The van der Waals surface area contributed by atoms with Crippen LogP contribution in [0.1, 0.15) is 0 Å². The maximum Gasteiger partial charge on any atom is 0.534 e. The third-order valence-corrected chi connectivity index (χ3v) is 2.13. The van der Waals surface area contributed by atoms with Gasteiger partial charge in [-0.05, 0) is 0 Å². The van der Waals surface area contributed by atoms with Gasteiger partial charge in [0.1, 0.15) is 6.61 Å². The molecule has 80 valence electrons. The van der Waals surface area contributed by atoms with Gasteiger partial charge in [-0.3, -0.25) is 0 Å². The van der Waals surface area contributed by atoms with E-state index >= 15 is 0 Å². The zero-order valence-corrected chi connectivity index (χ0v) is 7.18. The molecule has 0 unspecified atom stereocenters. The van der Waals surface area contributed by atoms with Gasteiger partial charge in [0, 0.05) is 6.08 Å². The van der Waals surface area contributed by atoms with Gasteiger partial charge in [0.05, 0.1) is 0 Å². The van der Waals surface area contributed by atoms with E-state index < -0.39 is 27.4 Å². The van der Waals surface area contributed by atoms with Gasteiger partial charge in [0.2, 0.25) is 5.76 Å². The lowest BCUT2D eigenvalue weighted by molar-refractivity contribution is -0.138. The number of ether oxygens (including phenoxy) is 1. The van der Waals surface area contributed by atoms with Crippen LogP contribution in [0.15, 0.2) is 11.8 Å². The summed E-state index contributed by atoms with van der Waals surface area (Å²) in [5.74, 6) is -2.21. The SMILES string of the molecule is O=C1OCC=C1OS(=O)(=O)C(F)(F)F. The molecule has 0 aliphatic carbocycles. The van der Waals surface area contributed by atoms with Crippen LogP contribution >= 0.6 is 0 Å². The average molecular weight is 232 g/mol. The topological polar surface area (TPSA) is 69.7 Å². The second-order valence-electron chi connectivity index (χ2n) is 2.15. The summed E-state index contributed by atoms with van der Waals surface area (Å²) in [6.07, 6.45) is 0.797. The standard InChI is InChI=1S/C5H3F3O5S/c6-5(7,8)14(10,11)13-3-1-2-12-4(3)9/h1H,2H2. The summed E-state index contributed by atoms with van der Waals surface area (Å²) < 4.78 is 63.5. The van der Waals surface area contributed by atoms with Gasteiger partial charge in [-0.1, -0.05) is 0 Å². The Morgan fingerprint density at radius 1 is 1.43 bits per heavy atom. The van der Waals surface area contributed by atoms with Crippen molar-refractivity contribution in [3.63, 3.8) is 0 Å². The first-order valence-electron chi connectivity index (χ1n) is 3.12. The Hall–Kier alpha value is -1.25. The second-order valence-corrected chi connectivity index (χ2v) is 3.69. The molecule has 0 atom stereocenters. The van der Waals surface area contributed by atoms with E-state index in [9.17, 15) is 26.4 Å². The minimum absolute atomic E-state index is 0.304. The Morgan fingerprint density at radius 3 is 2.36 bits per heavy atom. The molecule has 0 bridgehead atoms. The Morgan fingerprint density at radius 2 is 2.00 bits per heavy atom. The molecule has 0 spiro atoms. The number of esters is 1. The maximum atomic E-state index is 11.7. The number of cyclic esters (lactones) is 1. The monoisotopic (exact) mass is 232 g/mol. The normalized spacial score (nSPS) is 17.6. The summed E-state index contributed by atoms with van der Waals surface area (Å²) >= 11 is 0. The Labute approximate surface area is 76.2 Å². The molecule has 5 nitrogen and oxygen atoms in total. The van der Waals surface area contributed by atoms with Crippen LogP contribution < -0.4 is 0 Å². The van der Waals surface area contributed by atoms with Crippen LogP contribution in [-0.2, 0) is 23.8 Å². The maximum absolute atomic E-state index is 11.7. The zero-order valence-electron chi connectivity index (χ0n) is 6.37. The molecule has 9 heteroatoms. The highest BCUT2D eigenvalue weighted by Crippen LogP contribution is 2.27. The van der Waals surface area contributed by atoms with Gasteiger partial charge in [-0.2, -0.15) is 21.6 Å². The van der Waals surface area contributed by atoms with Crippen LogP contribution in [0.2, 0.25) is 0 Å². The van der Waals surface area contributed by atoms with Crippen molar-refractivity contribution < 1.29 is 35.3 Å². The quantitative estimate of drug-likeness (QED) is 0.389. The predicted octanol–water partition coefficient (Wildman–Crippen LogP) is 0.293. The Balaban J connectivity index is 2.85. The van der Waals surface area contributed by atoms with Crippen LogP contribution in [0, 0.1) is 0 Å². The van der Waals surface area contributed by atoms with E-state index in [0.29, 0.717) is 0 Å². The zero-order chi connectivity index (χ0) is 11.0. The van der Waals surface area contributed by atoms with Crippen molar-refractivity contribution >= 4 is 16.1 Å². The highest BCUT2D eigenvalue weighted by atomic mass is 32.2. The molecule has 0 radical (unpaired) electrons. The largest absolute Gasteiger partial charge is 0.534 e. The minimum atomic E-state index is -5.78. The summed E-state index contributed by atoms with van der Waals surface area (Å²) in [4.78, 5) is 10.5. The van der Waals surface area contributed by atoms with E-state index in [2.05, 4.69) is 8.92 Å². The fourth-order valence-electron chi connectivity index (χ4n) is 0.581. The molecule has 0 fully saturated rings. The summed E-state index contributed by atoms with van der Waals surface area (Å²) in [5.41, 5.74) is -5.56. The van der Waals surface area contributed by atoms with E-state index in [0.717, 1.165) is 6.08 Å². The molecule has 1 heterocycles. The highest BCUT2D eigenvalue weighted by Gasteiger charge is 2.49. The second kappa shape index (κ2) is 3.15. The summed E-state index contributed by atoms with van der Waals surface area (Å²) in [5, 5.41) is 0. The van der Waals surface area contributed by atoms with Gasteiger partial charge >= 0.3 is 21.6 Å². The molecule has 1 aliphatic heterocycles. The van der Waals surface area contributed by atoms with Crippen molar-refractivity contribution in [2.75, 3.05) is 6.61 Å². The van der Waals surface area contributed by atoms with E-state index in [1.165, 1.54) is 0 Å². The number of carbonyl (C=O) groups is 1. The third-order valence-electron chi connectivity index (χ3n) is 1.17. The minimum Gasteiger partial charge on any atom is -0.455 e. The molecule has 0 N–H and O–H groups in total. The number of rotatable bonds is 2. The lowest BCUT2D eigenvalue weighted by atomic mass is 10.5. The molecule has 0 aromatic rings. The van der Waals surface area contributed by atoms with E-state index in [-0.39, 0.29) is 6.61 Å². The first-order chi connectivity index (χ1) is 6.24. The molecule has 1 rings (SSSR count). The molecule has 0 saturated heterocycles. The number of hydrogen-bond acceptors (Lipinski definition) is 5. The van der Waals surface area contributed by atoms with E-state index in [1.807, 2.05) is 0 Å². The first kappa shape index (κ1) is 10.8. The molecule has 0 saturated carbocycles. The molecular formula is C5H3F3O5S. The van der Waals surface area contributed by atoms with Crippen LogP contribution in [0.5, 0.6) is 0 Å². The third kappa shape index (κ3) is 1.97. The number of hydrogen-bond donors (Lipinski definition) is 0. The van der Waals surface area contributed by atoms with Crippen molar-refractivity contribution in [1.82, 2.24) is 0 Å². The summed E-state index contributed by atoms with van der Waals surface area (Å²) in [6, 6.07) is 0.